The molecule has 1 aromatic carbocycles. The fraction of sp³-hybridized carbons (Fsp3) is 0.300. The van der Waals surface area contributed by atoms with E-state index in [0.717, 1.165) is 10.0 Å². The lowest BCUT2D eigenvalue weighted by Crippen LogP contribution is -2.35. The van der Waals surface area contributed by atoms with Crippen molar-refractivity contribution in [3.8, 4) is 0 Å². The van der Waals surface area contributed by atoms with Gasteiger partial charge in [0.1, 0.15) is 5.60 Å². The molecule has 0 spiro atoms. The molecule has 1 aliphatic heterocycles. The molecule has 0 aromatic heterocycles. The molecular formula is C10H9BrClNO2. The molecule has 15 heavy (non-hydrogen) atoms. The van der Waals surface area contributed by atoms with E-state index >= 15 is 0 Å². The van der Waals surface area contributed by atoms with Crippen LogP contribution in [0, 0.1) is 0 Å². The zero-order chi connectivity index (χ0) is 11.2. The van der Waals surface area contributed by atoms with Gasteiger partial charge in [0, 0.05) is 10.0 Å². The summed E-state index contributed by atoms with van der Waals surface area (Å²) in [6.07, 6.45) is -0.453. The molecule has 0 radical (unpaired) electrons. The highest BCUT2D eigenvalue weighted by Crippen LogP contribution is 2.42. The average Bonchev–Trinajstić information content (AvgIpc) is 2.08. The van der Waals surface area contributed by atoms with Crippen molar-refractivity contribution < 1.29 is 9.53 Å². The minimum Gasteiger partial charge on any atom is -0.438 e. The van der Waals surface area contributed by atoms with Crippen LogP contribution in [0.25, 0.3) is 0 Å². The third-order valence-corrected chi connectivity index (χ3v) is 3.56. The molecule has 0 saturated heterocycles. The van der Waals surface area contributed by atoms with Crippen LogP contribution in [0.2, 0.25) is 5.02 Å². The monoisotopic (exact) mass is 289 g/mol. The van der Waals surface area contributed by atoms with E-state index in [1.54, 1.807) is 12.1 Å². The van der Waals surface area contributed by atoms with Crippen molar-refractivity contribution in [1.29, 1.82) is 0 Å². The molecule has 3 nitrogen and oxygen atoms in total. The number of hydrogen-bond donors (Lipinski definition) is 1. The number of carbonyl (C=O) groups excluding carboxylic acids is 1. The summed E-state index contributed by atoms with van der Waals surface area (Å²) in [4.78, 5) is 11.2. The van der Waals surface area contributed by atoms with Gasteiger partial charge in [0.2, 0.25) is 0 Å². The summed E-state index contributed by atoms with van der Waals surface area (Å²) in [5, 5.41) is 3.18. The number of cyclic esters (lactones) is 1. The van der Waals surface area contributed by atoms with Crippen LogP contribution in [0.4, 0.5) is 10.5 Å². The molecular weight excluding hydrogens is 281 g/mol. The highest BCUT2D eigenvalue weighted by atomic mass is 79.9. The van der Waals surface area contributed by atoms with Gasteiger partial charge in [0.25, 0.3) is 0 Å². The number of carbonyl (C=O) groups is 1. The molecule has 0 fully saturated rings. The molecule has 5 heteroatoms. The molecule has 0 saturated carbocycles. The molecule has 1 aliphatic rings. The zero-order valence-corrected chi connectivity index (χ0v) is 10.6. The first-order valence-electron chi connectivity index (χ1n) is 4.40. The maximum atomic E-state index is 11.2. The first-order chi connectivity index (χ1) is 6.92. The largest absolute Gasteiger partial charge is 0.438 e. The molecule has 1 aromatic rings. The van der Waals surface area contributed by atoms with E-state index in [9.17, 15) is 4.79 Å². The lowest BCUT2D eigenvalue weighted by atomic mass is 9.95. The second-order valence-corrected chi connectivity index (χ2v) is 5.04. The fourth-order valence-electron chi connectivity index (χ4n) is 1.66. The Hall–Kier alpha value is -0.740. The lowest BCUT2D eigenvalue weighted by molar-refractivity contribution is 0.0421. The van der Waals surface area contributed by atoms with Crippen LogP contribution in [0.5, 0.6) is 0 Å². The third kappa shape index (κ3) is 1.72. The molecule has 0 bridgehead atoms. The normalized spacial score (nSPS) is 17.7. The predicted molar refractivity (Wildman–Crippen MR) is 62.3 cm³/mol. The zero-order valence-electron chi connectivity index (χ0n) is 8.23. The van der Waals surface area contributed by atoms with E-state index in [0.29, 0.717) is 10.7 Å². The Bertz CT molecular complexity index is 445. The Morgan fingerprint density at radius 2 is 2.13 bits per heavy atom. The number of fused-ring (bicyclic) bond motifs is 1. The summed E-state index contributed by atoms with van der Waals surface area (Å²) in [6.45, 7) is 3.62. The van der Waals surface area contributed by atoms with Crippen LogP contribution < -0.4 is 5.32 Å². The first kappa shape index (κ1) is 10.8. The third-order valence-electron chi connectivity index (χ3n) is 2.28. The van der Waals surface area contributed by atoms with Gasteiger partial charge in [-0.3, -0.25) is 5.32 Å². The smallest absolute Gasteiger partial charge is 0.412 e. The lowest BCUT2D eigenvalue weighted by Gasteiger charge is -2.33. The van der Waals surface area contributed by atoms with Gasteiger partial charge in [-0.1, -0.05) is 11.6 Å². The fourth-order valence-corrected chi connectivity index (χ4v) is 2.38. The van der Waals surface area contributed by atoms with Crippen LogP contribution in [-0.4, -0.2) is 6.09 Å². The second-order valence-electron chi connectivity index (χ2n) is 3.81. The number of benzene rings is 1. The SMILES string of the molecule is CC1(C)OC(=O)Nc2ccc(Br)c(Cl)c21. The van der Waals surface area contributed by atoms with E-state index < -0.39 is 11.7 Å². The van der Waals surface area contributed by atoms with Gasteiger partial charge in [-0.15, -0.1) is 0 Å². The van der Waals surface area contributed by atoms with Crippen LogP contribution in [0.15, 0.2) is 16.6 Å². The Morgan fingerprint density at radius 1 is 1.47 bits per heavy atom. The Balaban J connectivity index is 2.68. The van der Waals surface area contributed by atoms with Gasteiger partial charge >= 0.3 is 6.09 Å². The van der Waals surface area contributed by atoms with Gasteiger partial charge in [0.05, 0.1) is 10.7 Å². The van der Waals surface area contributed by atoms with Crippen molar-refractivity contribution in [3.05, 3.63) is 27.2 Å². The quantitative estimate of drug-likeness (QED) is 0.787. The van der Waals surface area contributed by atoms with E-state index in [2.05, 4.69) is 21.2 Å². The maximum absolute atomic E-state index is 11.2. The number of halogens is 2. The first-order valence-corrected chi connectivity index (χ1v) is 5.57. The highest BCUT2D eigenvalue weighted by molar-refractivity contribution is 9.10. The highest BCUT2D eigenvalue weighted by Gasteiger charge is 2.35. The number of anilines is 1. The summed E-state index contributed by atoms with van der Waals surface area (Å²) in [5.74, 6) is 0. The number of ether oxygens (including phenoxy) is 1. The van der Waals surface area contributed by atoms with Gasteiger partial charge in [0.15, 0.2) is 0 Å². The van der Waals surface area contributed by atoms with Crippen molar-refractivity contribution >= 4 is 39.3 Å². The molecule has 1 N–H and O–H groups in total. The predicted octanol–water partition coefficient (Wildman–Crippen LogP) is 3.90. The van der Waals surface area contributed by atoms with Gasteiger partial charge in [-0.25, -0.2) is 4.79 Å². The van der Waals surface area contributed by atoms with Crippen LogP contribution in [0.1, 0.15) is 19.4 Å². The number of amides is 1. The molecule has 1 amide bonds. The standard InChI is InChI=1S/C10H9BrClNO2/c1-10(2)7-6(13-9(14)15-10)4-3-5(11)8(7)12/h3-4H,1-2H3,(H,13,14). The molecule has 0 aliphatic carbocycles. The second kappa shape index (κ2) is 3.39. The molecule has 0 atom stereocenters. The number of rotatable bonds is 0. The number of nitrogens with one attached hydrogen (secondary N) is 1. The minimum atomic E-state index is -0.710. The summed E-state index contributed by atoms with van der Waals surface area (Å²) in [5.41, 5.74) is 0.779. The van der Waals surface area contributed by atoms with E-state index in [1.165, 1.54) is 0 Å². The number of hydrogen-bond acceptors (Lipinski definition) is 2. The molecule has 2 rings (SSSR count). The minimum absolute atomic E-state index is 0.453. The van der Waals surface area contributed by atoms with E-state index in [1.807, 2.05) is 13.8 Å². The molecule has 80 valence electrons. The van der Waals surface area contributed by atoms with Crippen molar-refractivity contribution in [2.75, 3.05) is 5.32 Å². The Morgan fingerprint density at radius 3 is 2.80 bits per heavy atom. The van der Waals surface area contributed by atoms with Crippen molar-refractivity contribution in [2.24, 2.45) is 0 Å². The van der Waals surface area contributed by atoms with Crippen molar-refractivity contribution in [1.82, 2.24) is 0 Å². The van der Waals surface area contributed by atoms with Gasteiger partial charge in [-0.2, -0.15) is 0 Å². The summed E-state index contributed by atoms with van der Waals surface area (Å²) < 4.78 is 5.97. The maximum Gasteiger partial charge on any atom is 0.412 e. The summed E-state index contributed by atoms with van der Waals surface area (Å²) in [7, 11) is 0. The van der Waals surface area contributed by atoms with Crippen molar-refractivity contribution in [3.63, 3.8) is 0 Å². The topological polar surface area (TPSA) is 38.3 Å². The molecule has 1 heterocycles. The average molecular weight is 291 g/mol. The van der Waals surface area contributed by atoms with Gasteiger partial charge in [-0.05, 0) is 41.9 Å². The Labute approximate surface area is 101 Å². The van der Waals surface area contributed by atoms with Crippen LogP contribution in [-0.2, 0) is 10.3 Å². The van der Waals surface area contributed by atoms with Crippen molar-refractivity contribution in [2.45, 2.75) is 19.4 Å². The van der Waals surface area contributed by atoms with E-state index in [-0.39, 0.29) is 0 Å². The van der Waals surface area contributed by atoms with Gasteiger partial charge < -0.3 is 4.74 Å². The van der Waals surface area contributed by atoms with E-state index in [4.69, 9.17) is 16.3 Å². The summed E-state index contributed by atoms with van der Waals surface area (Å²) in [6, 6.07) is 3.59. The molecule has 0 unspecified atom stereocenters. The Kier molecular flexibility index (Phi) is 2.43. The summed E-state index contributed by atoms with van der Waals surface area (Å²) >= 11 is 9.51. The van der Waals surface area contributed by atoms with Crippen LogP contribution in [0.3, 0.4) is 0 Å². The van der Waals surface area contributed by atoms with Crippen LogP contribution >= 0.6 is 27.5 Å².